The summed E-state index contributed by atoms with van der Waals surface area (Å²) in [6, 6.07) is 8.02. The lowest BCUT2D eigenvalue weighted by molar-refractivity contribution is -0.128. The number of nitrogens with one attached hydrogen (secondary N) is 1. The Labute approximate surface area is 119 Å². The molecule has 4 nitrogen and oxygen atoms in total. The van der Waals surface area contributed by atoms with Gasteiger partial charge in [0.25, 0.3) is 5.91 Å². The van der Waals surface area contributed by atoms with Crippen molar-refractivity contribution in [2.75, 3.05) is 13.1 Å². The standard InChI is InChI=1S/C16H20N2O2/c1-11-2-4-13(5-3-11)16(20)17-9-12-8-15(19)18(10-12)14-6-7-14/h2-5,12,14H,6-10H2,1H3,(H,17,20). The maximum Gasteiger partial charge on any atom is 0.251 e. The average Bonchev–Trinajstić information content (AvgIpc) is 3.21. The molecule has 1 saturated carbocycles. The fourth-order valence-corrected chi connectivity index (χ4v) is 2.73. The van der Waals surface area contributed by atoms with E-state index in [0.717, 1.165) is 24.9 Å². The molecule has 1 heterocycles. The molecule has 1 aliphatic carbocycles. The third-order valence-corrected chi connectivity index (χ3v) is 4.09. The summed E-state index contributed by atoms with van der Waals surface area (Å²) in [7, 11) is 0. The molecule has 1 aromatic carbocycles. The van der Waals surface area contributed by atoms with Gasteiger partial charge >= 0.3 is 0 Å². The van der Waals surface area contributed by atoms with Crippen molar-refractivity contribution < 1.29 is 9.59 Å². The Morgan fingerprint density at radius 2 is 2.00 bits per heavy atom. The molecule has 0 aromatic heterocycles. The molecule has 1 N–H and O–H groups in total. The van der Waals surface area contributed by atoms with Gasteiger partial charge in [-0.2, -0.15) is 0 Å². The van der Waals surface area contributed by atoms with Crippen LogP contribution in [0.2, 0.25) is 0 Å². The monoisotopic (exact) mass is 272 g/mol. The lowest BCUT2D eigenvalue weighted by Gasteiger charge is -2.15. The average molecular weight is 272 g/mol. The number of amides is 2. The molecule has 3 rings (SSSR count). The van der Waals surface area contributed by atoms with Crippen LogP contribution in [0.3, 0.4) is 0 Å². The van der Waals surface area contributed by atoms with Crippen molar-refractivity contribution in [2.45, 2.75) is 32.2 Å². The highest BCUT2D eigenvalue weighted by atomic mass is 16.2. The zero-order chi connectivity index (χ0) is 14.1. The Morgan fingerprint density at radius 1 is 1.30 bits per heavy atom. The Hall–Kier alpha value is -1.84. The van der Waals surface area contributed by atoms with Gasteiger partial charge in [-0.3, -0.25) is 9.59 Å². The van der Waals surface area contributed by atoms with Gasteiger partial charge in [-0.25, -0.2) is 0 Å². The van der Waals surface area contributed by atoms with Crippen LogP contribution in [0.1, 0.15) is 35.2 Å². The van der Waals surface area contributed by atoms with E-state index in [4.69, 9.17) is 0 Å². The first kappa shape index (κ1) is 13.2. The van der Waals surface area contributed by atoms with Crippen molar-refractivity contribution in [3.63, 3.8) is 0 Å². The Morgan fingerprint density at radius 3 is 2.65 bits per heavy atom. The topological polar surface area (TPSA) is 49.4 Å². The second-order valence-electron chi connectivity index (χ2n) is 5.92. The maximum atomic E-state index is 12.0. The van der Waals surface area contributed by atoms with Crippen molar-refractivity contribution >= 4 is 11.8 Å². The summed E-state index contributed by atoms with van der Waals surface area (Å²) in [5, 5.41) is 2.94. The lowest BCUT2D eigenvalue weighted by atomic mass is 10.1. The van der Waals surface area contributed by atoms with Crippen molar-refractivity contribution in [2.24, 2.45) is 5.92 Å². The second-order valence-corrected chi connectivity index (χ2v) is 5.92. The van der Waals surface area contributed by atoms with Gasteiger partial charge in [0.05, 0.1) is 0 Å². The third kappa shape index (κ3) is 2.84. The van der Waals surface area contributed by atoms with Crippen LogP contribution < -0.4 is 5.32 Å². The number of rotatable bonds is 4. The predicted octanol–water partition coefficient (Wildman–Crippen LogP) is 1.74. The first-order valence-electron chi connectivity index (χ1n) is 7.28. The van der Waals surface area contributed by atoms with E-state index in [0.29, 0.717) is 24.6 Å². The summed E-state index contributed by atoms with van der Waals surface area (Å²) >= 11 is 0. The molecular formula is C16H20N2O2. The fraction of sp³-hybridized carbons (Fsp3) is 0.500. The van der Waals surface area contributed by atoms with E-state index >= 15 is 0 Å². The highest BCUT2D eigenvalue weighted by molar-refractivity contribution is 5.94. The first-order valence-corrected chi connectivity index (χ1v) is 7.28. The molecule has 1 atom stereocenters. The van der Waals surface area contributed by atoms with Gasteiger partial charge in [0, 0.05) is 37.0 Å². The number of carbonyl (C=O) groups excluding carboxylic acids is 2. The predicted molar refractivity (Wildman–Crippen MR) is 76.4 cm³/mol. The Kier molecular flexibility index (Phi) is 3.47. The Balaban J connectivity index is 1.51. The molecule has 0 spiro atoms. The van der Waals surface area contributed by atoms with Gasteiger partial charge in [0.15, 0.2) is 0 Å². The SMILES string of the molecule is Cc1ccc(C(=O)NCC2CC(=O)N(C3CC3)C2)cc1. The van der Waals surface area contributed by atoms with Crippen LogP contribution in [-0.4, -0.2) is 35.8 Å². The van der Waals surface area contributed by atoms with Gasteiger partial charge < -0.3 is 10.2 Å². The molecule has 1 unspecified atom stereocenters. The quantitative estimate of drug-likeness (QED) is 0.907. The molecule has 4 heteroatoms. The van der Waals surface area contributed by atoms with Gasteiger partial charge in [-0.1, -0.05) is 17.7 Å². The second kappa shape index (κ2) is 5.27. The van der Waals surface area contributed by atoms with Crippen molar-refractivity contribution in [1.29, 1.82) is 0 Å². The van der Waals surface area contributed by atoms with E-state index in [-0.39, 0.29) is 17.7 Å². The normalized spacial score (nSPS) is 22.1. The molecule has 106 valence electrons. The van der Waals surface area contributed by atoms with Crippen LogP contribution >= 0.6 is 0 Å². The molecule has 20 heavy (non-hydrogen) atoms. The van der Waals surface area contributed by atoms with E-state index in [9.17, 15) is 9.59 Å². The van der Waals surface area contributed by atoms with Crippen molar-refractivity contribution in [1.82, 2.24) is 10.2 Å². The fourth-order valence-electron chi connectivity index (χ4n) is 2.73. The van der Waals surface area contributed by atoms with Gasteiger partial charge in [-0.05, 0) is 31.9 Å². The number of hydrogen-bond acceptors (Lipinski definition) is 2. The number of hydrogen-bond donors (Lipinski definition) is 1. The minimum Gasteiger partial charge on any atom is -0.352 e. The van der Waals surface area contributed by atoms with Gasteiger partial charge in [0.2, 0.25) is 5.91 Å². The molecule has 2 amide bonds. The van der Waals surface area contributed by atoms with E-state index < -0.39 is 0 Å². The van der Waals surface area contributed by atoms with Crippen LogP contribution in [-0.2, 0) is 4.79 Å². The highest BCUT2D eigenvalue weighted by Gasteiger charge is 2.39. The summed E-state index contributed by atoms with van der Waals surface area (Å²) in [4.78, 5) is 25.8. The lowest BCUT2D eigenvalue weighted by Crippen LogP contribution is -2.32. The van der Waals surface area contributed by atoms with Crippen molar-refractivity contribution in [3.05, 3.63) is 35.4 Å². The zero-order valence-corrected chi connectivity index (χ0v) is 11.8. The van der Waals surface area contributed by atoms with Crippen LogP contribution in [0.4, 0.5) is 0 Å². The zero-order valence-electron chi connectivity index (χ0n) is 11.8. The largest absolute Gasteiger partial charge is 0.352 e. The van der Waals surface area contributed by atoms with Gasteiger partial charge in [-0.15, -0.1) is 0 Å². The molecule has 1 aromatic rings. The van der Waals surface area contributed by atoms with Gasteiger partial charge in [0.1, 0.15) is 0 Å². The minimum atomic E-state index is -0.0534. The van der Waals surface area contributed by atoms with Crippen LogP contribution in [0.15, 0.2) is 24.3 Å². The molecule has 1 aliphatic heterocycles. The van der Waals surface area contributed by atoms with E-state index in [2.05, 4.69) is 5.32 Å². The minimum absolute atomic E-state index is 0.0534. The van der Waals surface area contributed by atoms with E-state index in [1.54, 1.807) is 0 Å². The molecule has 0 radical (unpaired) electrons. The molecule has 2 aliphatic rings. The number of nitrogens with zero attached hydrogens (tertiary/aromatic N) is 1. The summed E-state index contributed by atoms with van der Waals surface area (Å²) in [5.74, 6) is 0.460. The molecule has 1 saturated heterocycles. The highest BCUT2D eigenvalue weighted by Crippen LogP contribution is 2.32. The number of benzene rings is 1. The van der Waals surface area contributed by atoms with Crippen molar-refractivity contribution in [3.8, 4) is 0 Å². The Bertz CT molecular complexity index is 520. The summed E-state index contributed by atoms with van der Waals surface area (Å²) in [5.41, 5.74) is 1.82. The van der Waals surface area contributed by atoms with E-state index in [1.165, 1.54) is 0 Å². The summed E-state index contributed by atoms with van der Waals surface area (Å²) in [6.45, 7) is 3.39. The summed E-state index contributed by atoms with van der Waals surface area (Å²) in [6.07, 6.45) is 2.87. The maximum absolute atomic E-state index is 12.0. The molecule has 2 fully saturated rings. The molecule has 0 bridgehead atoms. The number of carbonyl (C=O) groups is 2. The third-order valence-electron chi connectivity index (χ3n) is 4.09. The number of aryl methyl sites for hydroxylation is 1. The first-order chi connectivity index (χ1) is 9.63. The summed E-state index contributed by atoms with van der Waals surface area (Å²) < 4.78 is 0. The van der Waals surface area contributed by atoms with Crippen LogP contribution in [0.25, 0.3) is 0 Å². The smallest absolute Gasteiger partial charge is 0.251 e. The van der Waals surface area contributed by atoms with Crippen LogP contribution in [0, 0.1) is 12.8 Å². The van der Waals surface area contributed by atoms with E-state index in [1.807, 2.05) is 36.1 Å². The van der Waals surface area contributed by atoms with Crippen LogP contribution in [0.5, 0.6) is 0 Å². The number of likely N-dealkylation sites (tertiary alicyclic amines) is 1. The molecular weight excluding hydrogens is 252 g/mol.